The first-order chi connectivity index (χ1) is 26.4. The van der Waals surface area contributed by atoms with Gasteiger partial charge in [0.2, 0.25) is 11.8 Å². The molecular formula is C45H48N4O5. The Kier molecular flexibility index (Phi) is 9.35. The molecule has 3 atom stereocenters. The Hall–Kier alpha value is -5.15. The van der Waals surface area contributed by atoms with Gasteiger partial charge in [0.25, 0.3) is 5.91 Å². The van der Waals surface area contributed by atoms with Gasteiger partial charge in [0, 0.05) is 49.3 Å². The number of benzene rings is 4. The van der Waals surface area contributed by atoms with E-state index in [1.165, 1.54) is 40.8 Å². The molecule has 4 aromatic carbocycles. The summed E-state index contributed by atoms with van der Waals surface area (Å²) >= 11 is 0. The van der Waals surface area contributed by atoms with E-state index in [9.17, 15) is 19.5 Å². The summed E-state index contributed by atoms with van der Waals surface area (Å²) in [6, 6.07) is 31.5. The molecule has 278 valence electrons. The van der Waals surface area contributed by atoms with Crippen LogP contribution in [-0.2, 0) is 22.6 Å². The number of aryl methyl sites for hydroxylation is 1. The summed E-state index contributed by atoms with van der Waals surface area (Å²) in [4.78, 5) is 41.1. The van der Waals surface area contributed by atoms with Crippen molar-refractivity contribution in [2.75, 3.05) is 24.5 Å². The van der Waals surface area contributed by atoms with Gasteiger partial charge in [-0.15, -0.1) is 0 Å². The number of aromatic hydroxyl groups is 1. The third-order valence-corrected chi connectivity index (χ3v) is 12.6. The molecule has 1 saturated carbocycles. The molecule has 9 nitrogen and oxygen atoms in total. The molecular weight excluding hydrogens is 677 g/mol. The van der Waals surface area contributed by atoms with Crippen LogP contribution in [0.25, 0.3) is 0 Å². The minimum Gasteiger partial charge on any atom is -0.508 e. The smallest absolute Gasteiger partial charge is 0.255 e. The van der Waals surface area contributed by atoms with Crippen LogP contribution in [0.15, 0.2) is 91.0 Å². The lowest BCUT2D eigenvalue weighted by atomic mass is 9.69. The summed E-state index contributed by atoms with van der Waals surface area (Å²) in [7, 11) is 0. The number of carbonyl (C=O) groups is 3. The van der Waals surface area contributed by atoms with Crippen molar-refractivity contribution in [1.29, 1.82) is 0 Å². The zero-order valence-electron chi connectivity index (χ0n) is 30.6. The van der Waals surface area contributed by atoms with Gasteiger partial charge in [-0.05, 0) is 134 Å². The molecule has 5 aliphatic rings. The molecule has 0 radical (unpaired) electrons. The van der Waals surface area contributed by atoms with E-state index in [2.05, 4.69) is 76.2 Å². The lowest BCUT2D eigenvalue weighted by molar-refractivity contribution is -0.136. The highest BCUT2D eigenvalue weighted by Crippen LogP contribution is 2.47. The van der Waals surface area contributed by atoms with Crippen molar-refractivity contribution in [3.8, 4) is 11.5 Å². The van der Waals surface area contributed by atoms with Gasteiger partial charge >= 0.3 is 0 Å². The van der Waals surface area contributed by atoms with Gasteiger partial charge in [-0.25, -0.2) is 0 Å². The molecule has 2 saturated heterocycles. The van der Waals surface area contributed by atoms with Gasteiger partial charge in [0.15, 0.2) is 0 Å². The van der Waals surface area contributed by atoms with E-state index in [1.807, 2.05) is 24.3 Å². The van der Waals surface area contributed by atoms with Crippen molar-refractivity contribution >= 4 is 23.4 Å². The molecule has 0 aromatic heterocycles. The van der Waals surface area contributed by atoms with Crippen molar-refractivity contribution in [3.63, 3.8) is 0 Å². The number of ether oxygens (including phenoxy) is 1. The Morgan fingerprint density at radius 3 is 2.37 bits per heavy atom. The van der Waals surface area contributed by atoms with Crippen LogP contribution in [-0.4, -0.2) is 65.5 Å². The maximum absolute atomic E-state index is 13.0. The normalized spacial score (nSPS) is 25.5. The summed E-state index contributed by atoms with van der Waals surface area (Å²) in [5, 5.41) is 16.4. The van der Waals surface area contributed by atoms with Crippen molar-refractivity contribution in [2.24, 2.45) is 5.92 Å². The molecule has 3 N–H and O–H groups in total. The first kappa shape index (κ1) is 34.6. The van der Waals surface area contributed by atoms with Crippen molar-refractivity contribution < 1.29 is 24.2 Å². The van der Waals surface area contributed by atoms with Crippen LogP contribution < -0.4 is 20.3 Å². The number of nitrogens with zero attached hydrogens (tertiary/aromatic N) is 2. The van der Waals surface area contributed by atoms with E-state index in [1.54, 1.807) is 11.0 Å². The van der Waals surface area contributed by atoms with Crippen molar-refractivity contribution in [2.45, 2.75) is 87.9 Å². The van der Waals surface area contributed by atoms with Crippen LogP contribution >= 0.6 is 0 Å². The number of hydrogen-bond donors (Lipinski definition) is 3. The molecule has 3 fully saturated rings. The Balaban J connectivity index is 0.742. The Labute approximate surface area is 316 Å². The van der Waals surface area contributed by atoms with E-state index in [0.29, 0.717) is 42.2 Å². The highest BCUT2D eigenvalue weighted by atomic mass is 16.5. The molecule has 3 unspecified atom stereocenters. The van der Waals surface area contributed by atoms with Crippen LogP contribution in [0.5, 0.6) is 11.5 Å². The second-order valence-corrected chi connectivity index (χ2v) is 16.0. The lowest BCUT2D eigenvalue weighted by Crippen LogP contribution is -2.52. The fourth-order valence-electron chi connectivity index (χ4n) is 9.54. The van der Waals surface area contributed by atoms with Gasteiger partial charge in [-0.1, -0.05) is 48.5 Å². The lowest BCUT2D eigenvalue weighted by Gasteiger charge is -2.39. The van der Waals surface area contributed by atoms with Crippen LogP contribution in [0.3, 0.4) is 0 Å². The average molecular weight is 725 g/mol. The molecule has 4 aromatic rings. The first-order valence-electron chi connectivity index (χ1n) is 19.8. The van der Waals surface area contributed by atoms with Crippen LogP contribution in [0.2, 0.25) is 0 Å². The Bertz CT molecular complexity index is 2040. The number of anilines is 1. The number of rotatable bonds is 9. The summed E-state index contributed by atoms with van der Waals surface area (Å²) in [6.45, 7) is 3.50. The highest BCUT2D eigenvalue weighted by molar-refractivity contribution is 6.05. The monoisotopic (exact) mass is 724 g/mol. The van der Waals surface area contributed by atoms with Gasteiger partial charge in [-0.2, -0.15) is 0 Å². The van der Waals surface area contributed by atoms with E-state index in [4.69, 9.17) is 4.74 Å². The SMILES string of the molecule is O=C1CCC(N2Cc3cc(OC4CC(NCC5CCN(c6ccc(C7c8ccc(O)cc8CCC7c7ccccc7)cc6)CC5)C4)ccc3C2=O)C(=O)N1. The minimum absolute atomic E-state index is 0.144. The number of piperidine rings is 2. The molecule has 54 heavy (non-hydrogen) atoms. The van der Waals surface area contributed by atoms with Gasteiger partial charge < -0.3 is 25.0 Å². The molecule has 0 bridgehead atoms. The number of carbonyl (C=O) groups excluding carboxylic acids is 3. The third kappa shape index (κ3) is 6.86. The topological polar surface area (TPSA) is 111 Å². The molecule has 9 heteroatoms. The summed E-state index contributed by atoms with van der Waals surface area (Å²) in [6.07, 6.45) is 7.05. The number of fused-ring (bicyclic) bond motifs is 2. The summed E-state index contributed by atoms with van der Waals surface area (Å²) < 4.78 is 6.30. The predicted molar refractivity (Wildman–Crippen MR) is 207 cm³/mol. The number of phenols is 1. The average Bonchev–Trinajstić information content (AvgIpc) is 3.50. The molecule has 0 spiro atoms. The predicted octanol–water partition coefficient (Wildman–Crippen LogP) is 6.43. The van der Waals surface area contributed by atoms with Crippen LogP contribution in [0.1, 0.15) is 95.0 Å². The highest BCUT2D eigenvalue weighted by Gasteiger charge is 2.40. The summed E-state index contributed by atoms with van der Waals surface area (Å²) in [5.74, 6) is 1.59. The fourth-order valence-corrected chi connectivity index (χ4v) is 9.54. The summed E-state index contributed by atoms with van der Waals surface area (Å²) in [5.41, 5.74) is 8.08. The Morgan fingerprint density at radius 1 is 0.796 bits per heavy atom. The molecule has 9 rings (SSSR count). The fraction of sp³-hybridized carbons (Fsp3) is 0.400. The number of nitrogens with one attached hydrogen (secondary N) is 2. The number of amides is 3. The zero-order chi connectivity index (χ0) is 36.8. The first-order valence-corrected chi connectivity index (χ1v) is 19.8. The molecule has 3 heterocycles. The second-order valence-electron chi connectivity index (χ2n) is 16.0. The van der Waals surface area contributed by atoms with Crippen LogP contribution in [0, 0.1) is 5.92 Å². The van der Waals surface area contributed by atoms with Gasteiger partial charge in [-0.3, -0.25) is 19.7 Å². The van der Waals surface area contributed by atoms with Crippen LogP contribution in [0.4, 0.5) is 5.69 Å². The van der Waals surface area contributed by atoms with Gasteiger partial charge in [0.05, 0.1) is 0 Å². The zero-order valence-corrected chi connectivity index (χ0v) is 30.6. The number of imide groups is 1. The largest absolute Gasteiger partial charge is 0.508 e. The number of phenolic OH excluding ortho intramolecular Hbond substituents is 1. The van der Waals surface area contributed by atoms with Gasteiger partial charge in [0.1, 0.15) is 23.6 Å². The van der Waals surface area contributed by atoms with E-state index >= 15 is 0 Å². The molecule has 2 aliphatic carbocycles. The quantitative estimate of drug-likeness (QED) is 0.171. The maximum atomic E-state index is 13.0. The molecule has 3 amide bonds. The van der Waals surface area contributed by atoms with Crippen molar-refractivity contribution in [1.82, 2.24) is 15.5 Å². The van der Waals surface area contributed by atoms with E-state index < -0.39 is 11.9 Å². The minimum atomic E-state index is -0.610. The molecule has 3 aliphatic heterocycles. The number of hydrogen-bond acceptors (Lipinski definition) is 7. The third-order valence-electron chi connectivity index (χ3n) is 12.6. The van der Waals surface area contributed by atoms with E-state index in [-0.39, 0.29) is 30.3 Å². The maximum Gasteiger partial charge on any atom is 0.255 e. The Morgan fingerprint density at radius 2 is 1.59 bits per heavy atom. The standard InChI is InChI=1S/C45H48N4O5/c50-35-11-14-39-31(22-35)8-13-38(29-4-2-1-3-5-29)43(39)30-6-9-34(10-7-30)48-20-18-28(19-21-48)26-46-33-24-37(25-33)54-36-12-15-40-32(23-36)27-49(45(40)53)41-16-17-42(51)47-44(41)52/h1-7,9-12,14-15,22-23,28,33,37-38,41,43,46,50H,8,13,16-21,24-27H2,(H,47,51,52). The second kappa shape index (κ2) is 14.6. The van der Waals surface area contributed by atoms with E-state index in [0.717, 1.165) is 56.6 Å². The van der Waals surface area contributed by atoms with Crippen molar-refractivity contribution in [3.05, 3.63) is 124 Å².